The molecule has 0 unspecified atom stereocenters. The number of hydrogen-bond acceptors (Lipinski definition) is 2. The molecular weight excluding hydrogens is 254 g/mol. The van der Waals surface area contributed by atoms with Crippen molar-refractivity contribution >= 4 is 5.97 Å². The van der Waals surface area contributed by atoms with E-state index in [1.807, 2.05) is 0 Å². The number of hydrogen-bond donors (Lipinski definition) is 2. The van der Waals surface area contributed by atoms with E-state index in [1.165, 1.54) is 6.07 Å². The zero-order chi connectivity index (χ0) is 14.0. The number of nitrogens with zero attached hydrogens (tertiary/aromatic N) is 1. The summed E-state index contributed by atoms with van der Waals surface area (Å²) in [5.41, 5.74) is 1.21. The van der Waals surface area contributed by atoms with Gasteiger partial charge in [-0.1, -0.05) is 24.3 Å². The molecule has 1 aromatic carbocycles. The van der Waals surface area contributed by atoms with Crippen LogP contribution in [0.2, 0.25) is 0 Å². The third-order valence-corrected chi connectivity index (χ3v) is 2.60. The molecule has 0 aliphatic carbocycles. The van der Waals surface area contributed by atoms with Crippen molar-refractivity contribution in [3.8, 4) is 11.3 Å². The molecule has 0 amide bonds. The van der Waals surface area contributed by atoms with Gasteiger partial charge in [0.1, 0.15) is 5.69 Å². The van der Waals surface area contributed by atoms with Crippen LogP contribution in [0.3, 0.4) is 0 Å². The van der Waals surface area contributed by atoms with E-state index in [4.69, 9.17) is 5.11 Å². The van der Waals surface area contributed by atoms with E-state index in [1.54, 1.807) is 24.3 Å². The molecule has 2 N–H and O–H groups in total. The standard InChI is InChI=1S/C13H12F2N2O2/c1-13(14,15)7-8-4-2-3-5-9(8)10-6-11(12(18)19)17-16-10/h2-6H,7H2,1H3,(H,16,17)(H,18,19). The smallest absolute Gasteiger partial charge is 0.353 e. The van der Waals surface area contributed by atoms with Gasteiger partial charge in [-0.15, -0.1) is 0 Å². The molecule has 0 aliphatic rings. The minimum absolute atomic E-state index is 0.0759. The average molecular weight is 266 g/mol. The van der Waals surface area contributed by atoms with Crippen molar-refractivity contribution in [2.45, 2.75) is 19.3 Å². The fraction of sp³-hybridized carbons (Fsp3) is 0.231. The topological polar surface area (TPSA) is 66.0 Å². The van der Waals surface area contributed by atoms with Crippen LogP contribution >= 0.6 is 0 Å². The Kier molecular flexibility index (Phi) is 3.33. The van der Waals surface area contributed by atoms with E-state index in [0.717, 1.165) is 6.92 Å². The maximum Gasteiger partial charge on any atom is 0.353 e. The lowest BCUT2D eigenvalue weighted by Gasteiger charge is -2.12. The van der Waals surface area contributed by atoms with Gasteiger partial charge in [0.2, 0.25) is 5.92 Å². The van der Waals surface area contributed by atoms with Crippen molar-refractivity contribution in [2.24, 2.45) is 0 Å². The Morgan fingerprint density at radius 2 is 2.11 bits per heavy atom. The van der Waals surface area contributed by atoms with Gasteiger partial charge in [0, 0.05) is 12.0 Å². The molecule has 2 aromatic rings. The van der Waals surface area contributed by atoms with Crippen molar-refractivity contribution in [3.05, 3.63) is 41.6 Å². The zero-order valence-corrected chi connectivity index (χ0v) is 10.2. The Morgan fingerprint density at radius 3 is 2.68 bits per heavy atom. The number of carbonyl (C=O) groups is 1. The van der Waals surface area contributed by atoms with Gasteiger partial charge < -0.3 is 5.11 Å². The molecular formula is C13H12F2N2O2. The van der Waals surface area contributed by atoms with Gasteiger partial charge in [-0.25, -0.2) is 13.6 Å². The van der Waals surface area contributed by atoms with Gasteiger partial charge in [-0.05, 0) is 18.6 Å². The highest BCUT2D eigenvalue weighted by molar-refractivity contribution is 5.87. The number of aromatic amines is 1. The Labute approximate surface area is 108 Å². The average Bonchev–Trinajstić information content (AvgIpc) is 2.76. The number of nitrogens with one attached hydrogen (secondary N) is 1. The predicted octanol–water partition coefficient (Wildman–Crippen LogP) is 2.97. The number of halogens is 2. The van der Waals surface area contributed by atoms with E-state index in [-0.39, 0.29) is 5.69 Å². The molecule has 0 bridgehead atoms. The Hall–Kier alpha value is -2.24. The molecule has 0 saturated carbocycles. The summed E-state index contributed by atoms with van der Waals surface area (Å²) >= 11 is 0. The fourth-order valence-corrected chi connectivity index (χ4v) is 1.83. The molecule has 0 radical (unpaired) electrons. The number of carboxylic acid groups (broad SMARTS) is 1. The summed E-state index contributed by atoms with van der Waals surface area (Å²) in [5, 5.41) is 15.0. The van der Waals surface area contributed by atoms with Crippen LogP contribution in [0.4, 0.5) is 8.78 Å². The summed E-state index contributed by atoms with van der Waals surface area (Å²) in [4.78, 5) is 10.8. The van der Waals surface area contributed by atoms with Crippen LogP contribution in [0.25, 0.3) is 11.3 Å². The van der Waals surface area contributed by atoms with E-state index < -0.39 is 18.3 Å². The fourth-order valence-electron chi connectivity index (χ4n) is 1.83. The molecule has 6 heteroatoms. The van der Waals surface area contributed by atoms with Crippen LogP contribution in [0.5, 0.6) is 0 Å². The minimum Gasteiger partial charge on any atom is -0.477 e. The molecule has 100 valence electrons. The van der Waals surface area contributed by atoms with Gasteiger partial charge in [0.25, 0.3) is 0 Å². The van der Waals surface area contributed by atoms with E-state index >= 15 is 0 Å². The maximum absolute atomic E-state index is 13.1. The number of carboxylic acids is 1. The van der Waals surface area contributed by atoms with Gasteiger partial charge >= 0.3 is 5.97 Å². The van der Waals surface area contributed by atoms with Crippen molar-refractivity contribution in [3.63, 3.8) is 0 Å². The first-order valence-corrected chi connectivity index (χ1v) is 5.61. The van der Waals surface area contributed by atoms with Gasteiger partial charge in [-0.3, -0.25) is 5.10 Å². The lowest BCUT2D eigenvalue weighted by atomic mass is 9.99. The molecule has 0 fully saturated rings. The maximum atomic E-state index is 13.1. The summed E-state index contributed by atoms with van der Waals surface area (Å²) < 4.78 is 26.2. The van der Waals surface area contributed by atoms with Crippen LogP contribution in [-0.2, 0) is 6.42 Å². The predicted molar refractivity (Wildman–Crippen MR) is 65.3 cm³/mol. The van der Waals surface area contributed by atoms with Crippen LogP contribution in [0.15, 0.2) is 30.3 Å². The molecule has 0 spiro atoms. The summed E-state index contributed by atoms with van der Waals surface area (Å²) in [6, 6.07) is 7.91. The monoisotopic (exact) mass is 266 g/mol. The number of alkyl halides is 2. The molecule has 19 heavy (non-hydrogen) atoms. The highest BCUT2D eigenvalue weighted by atomic mass is 19.3. The van der Waals surface area contributed by atoms with E-state index in [2.05, 4.69) is 10.2 Å². The van der Waals surface area contributed by atoms with Crippen molar-refractivity contribution in [1.29, 1.82) is 0 Å². The van der Waals surface area contributed by atoms with Gasteiger partial charge in [0.15, 0.2) is 0 Å². The second kappa shape index (κ2) is 4.79. The van der Waals surface area contributed by atoms with E-state index in [0.29, 0.717) is 16.8 Å². The minimum atomic E-state index is -2.83. The third-order valence-electron chi connectivity index (χ3n) is 2.60. The van der Waals surface area contributed by atoms with Crippen molar-refractivity contribution in [1.82, 2.24) is 10.2 Å². The number of aromatic carboxylic acids is 1. The Bertz CT molecular complexity index is 603. The molecule has 4 nitrogen and oxygen atoms in total. The zero-order valence-electron chi connectivity index (χ0n) is 10.2. The third kappa shape index (κ3) is 3.15. The summed E-state index contributed by atoms with van der Waals surface area (Å²) in [6.07, 6.45) is -0.418. The first-order valence-electron chi connectivity index (χ1n) is 5.61. The molecule has 2 rings (SSSR count). The molecule has 1 aromatic heterocycles. The number of rotatable bonds is 4. The van der Waals surface area contributed by atoms with Crippen molar-refractivity contribution in [2.75, 3.05) is 0 Å². The second-order valence-corrected chi connectivity index (χ2v) is 4.38. The first kappa shape index (κ1) is 13.2. The van der Waals surface area contributed by atoms with Gasteiger partial charge in [0.05, 0.1) is 5.69 Å². The lowest BCUT2D eigenvalue weighted by Crippen LogP contribution is -2.14. The van der Waals surface area contributed by atoms with E-state index in [9.17, 15) is 13.6 Å². The summed E-state index contributed by atoms with van der Waals surface area (Å²) in [7, 11) is 0. The quantitative estimate of drug-likeness (QED) is 0.894. The molecule has 0 atom stereocenters. The molecule has 1 heterocycles. The highest BCUT2D eigenvalue weighted by Crippen LogP contribution is 2.27. The molecule has 0 saturated heterocycles. The normalized spacial score (nSPS) is 11.5. The number of aromatic nitrogens is 2. The Balaban J connectivity index is 2.41. The van der Waals surface area contributed by atoms with Gasteiger partial charge in [-0.2, -0.15) is 5.10 Å². The lowest BCUT2D eigenvalue weighted by molar-refractivity contribution is 0.0227. The summed E-state index contributed by atoms with van der Waals surface area (Å²) in [6.45, 7) is 0.844. The Morgan fingerprint density at radius 1 is 1.42 bits per heavy atom. The SMILES string of the molecule is CC(F)(F)Cc1ccccc1-c1cc(C(=O)O)[nH]n1. The van der Waals surface area contributed by atoms with Crippen LogP contribution in [0, 0.1) is 0 Å². The van der Waals surface area contributed by atoms with Crippen molar-refractivity contribution < 1.29 is 18.7 Å². The number of benzene rings is 1. The first-order chi connectivity index (χ1) is 8.87. The van der Waals surface area contributed by atoms with Crippen LogP contribution in [0.1, 0.15) is 23.0 Å². The highest BCUT2D eigenvalue weighted by Gasteiger charge is 2.24. The summed E-state index contributed by atoms with van der Waals surface area (Å²) in [5.74, 6) is -3.97. The second-order valence-electron chi connectivity index (χ2n) is 4.38. The largest absolute Gasteiger partial charge is 0.477 e. The molecule has 0 aliphatic heterocycles. The van der Waals surface area contributed by atoms with Crippen LogP contribution < -0.4 is 0 Å². The number of H-pyrrole nitrogens is 1. The van der Waals surface area contributed by atoms with Crippen LogP contribution in [-0.4, -0.2) is 27.2 Å².